The lowest BCUT2D eigenvalue weighted by Gasteiger charge is -2.11. The standard InChI is InChI=1S/C14H14N2O4/c1-20-14-8-11(16(18)19)4-7-13(14)15-9-10-2-5-12(17)6-3-10/h2-8,15,17H,9H2,1H3. The van der Waals surface area contributed by atoms with Gasteiger partial charge in [0.05, 0.1) is 23.8 Å². The first-order valence-electron chi connectivity index (χ1n) is 5.94. The lowest BCUT2D eigenvalue weighted by atomic mass is 10.2. The SMILES string of the molecule is COc1cc([N+](=O)[O-])ccc1NCc1ccc(O)cc1. The number of aromatic hydroxyl groups is 1. The van der Waals surface area contributed by atoms with Crippen LogP contribution in [-0.2, 0) is 6.54 Å². The monoisotopic (exact) mass is 274 g/mol. The minimum absolute atomic E-state index is 0.0166. The molecule has 0 amide bonds. The molecule has 6 nitrogen and oxygen atoms in total. The van der Waals surface area contributed by atoms with Crippen LogP contribution in [0.15, 0.2) is 42.5 Å². The molecule has 2 aromatic carbocycles. The molecule has 6 heteroatoms. The number of anilines is 1. The van der Waals surface area contributed by atoms with E-state index in [1.807, 2.05) is 0 Å². The van der Waals surface area contributed by atoms with Gasteiger partial charge in [-0.2, -0.15) is 0 Å². The van der Waals surface area contributed by atoms with Crippen molar-refractivity contribution in [1.82, 2.24) is 0 Å². The average Bonchev–Trinajstić information content (AvgIpc) is 2.46. The molecule has 0 spiro atoms. The minimum Gasteiger partial charge on any atom is -0.508 e. The maximum Gasteiger partial charge on any atom is 0.273 e. The Balaban J connectivity index is 2.12. The van der Waals surface area contributed by atoms with E-state index in [0.717, 1.165) is 5.56 Å². The van der Waals surface area contributed by atoms with Gasteiger partial charge in [0, 0.05) is 12.6 Å². The Hall–Kier alpha value is -2.76. The molecule has 0 aliphatic carbocycles. The predicted molar refractivity (Wildman–Crippen MR) is 75.1 cm³/mol. The fourth-order valence-electron chi connectivity index (χ4n) is 1.75. The van der Waals surface area contributed by atoms with Crippen LogP contribution in [0.5, 0.6) is 11.5 Å². The molecule has 0 heterocycles. The van der Waals surface area contributed by atoms with Gasteiger partial charge in [0.15, 0.2) is 0 Å². The van der Waals surface area contributed by atoms with E-state index in [0.29, 0.717) is 18.0 Å². The highest BCUT2D eigenvalue weighted by molar-refractivity contribution is 5.60. The second kappa shape index (κ2) is 5.92. The molecule has 0 bridgehead atoms. The normalized spacial score (nSPS) is 10.1. The van der Waals surface area contributed by atoms with Crippen molar-refractivity contribution in [1.29, 1.82) is 0 Å². The number of hydrogen-bond acceptors (Lipinski definition) is 5. The molecular formula is C14H14N2O4. The summed E-state index contributed by atoms with van der Waals surface area (Å²) in [6.45, 7) is 0.522. The largest absolute Gasteiger partial charge is 0.508 e. The topological polar surface area (TPSA) is 84.6 Å². The number of phenols is 1. The number of phenolic OH excluding ortho intramolecular Hbond substituents is 1. The van der Waals surface area contributed by atoms with E-state index in [1.54, 1.807) is 30.3 Å². The van der Waals surface area contributed by atoms with Crippen LogP contribution in [0.2, 0.25) is 0 Å². The van der Waals surface area contributed by atoms with Gasteiger partial charge in [-0.25, -0.2) is 0 Å². The zero-order valence-electron chi connectivity index (χ0n) is 10.9. The summed E-state index contributed by atoms with van der Waals surface area (Å²) in [4.78, 5) is 10.2. The maximum absolute atomic E-state index is 10.7. The van der Waals surface area contributed by atoms with Gasteiger partial charge in [0.2, 0.25) is 0 Å². The van der Waals surface area contributed by atoms with Crippen molar-refractivity contribution in [3.05, 3.63) is 58.1 Å². The highest BCUT2D eigenvalue weighted by Crippen LogP contribution is 2.29. The number of methoxy groups -OCH3 is 1. The number of nitro benzene ring substituents is 1. The Morgan fingerprint density at radius 3 is 2.55 bits per heavy atom. The first-order chi connectivity index (χ1) is 9.60. The van der Waals surface area contributed by atoms with Crippen LogP contribution in [0.1, 0.15) is 5.56 Å². The van der Waals surface area contributed by atoms with Gasteiger partial charge < -0.3 is 15.2 Å². The highest BCUT2D eigenvalue weighted by Gasteiger charge is 2.10. The van der Waals surface area contributed by atoms with Crippen molar-refractivity contribution in [3.8, 4) is 11.5 Å². The Bertz CT molecular complexity index is 611. The van der Waals surface area contributed by atoms with E-state index >= 15 is 0 Å². The van der Waals surface area contributed by atoms with Crippen LogP contribution in [0.4, 0.5) is 11.4 Å². The molecular weight excluding hydrogens is 260 g/mol. The zero-order chi connectivity index (χ0) is 14.5. The van der Waals surface area contributed by atoms with Crippen LogP contribution in [0, 0.1) is 10.1 Å². The molecule has 2 rings (SSSR count). The van der Waals surface area contributed by atoms with Gasteiger partial charge in [-0.15, -0.1) is 0 Å². The van der Waals surface area contributed by atoms with Crippen molar-refractivity contribution in [2.24, 2.45) is 0 Å². The molecule has 0 aliphatic rings. The Morgan fingerprint density at radius 1 is 1.25 bits per heavy atom. The van der Waals surface area contributed by atoms with Crippen LogP contribution in [0.3, 0.4) is 0 Å². The van der Waals surface area contributed by atoms with Crippen molar-refractivity contribution >= 4 is 11.4 Å². The van der Waals surface area contributed by atoms with Gasteiger partial charge in [-0.05, 0) is 23.8 Å². The van der Waals surface area contributed by atoms with Crippen LogP contribution in [-0.4, -0.2) is 17.1 Å². The summed E-state index contributed by atoms with van der Waals surface area (Å²) in [6.07, 6.45) is 0. The third-order valence-corrected chi connectivity index (χ3v) is 2.82. The first-order valence-corrected chi connectivity index (χ1v) is 5.94. The fraction of sp³-hybridized carbons (Fsp3) is 0.143. The number of benzene rings is 2. The van der Waals surface area contributed by atoms with Crippen LogP contribution < -0.4 is 10.1 Å². The zero-order valence-corrected chi connectivity index (χ0v) is 10.9. The van der Waals surface area contributed by atoms with Gasteiger partial charge in [0.25, 0.3) is 5.69 Å². The van der Waals surface area contributed by atoms with E-state index in [2.05, 4.69) is 5.32 Å². The maximum atomic E-state index is 10.7. The first kappa shape index (κ1) is 13.7. The third-order valence-electron chi connectivity index (χ3n) is 2.82. The number of nitrogens with one attached hydrogen (secondary N) is 1. The number of ether oxygens (including phenoxy) is 1. The van der Waals surface area contributed by atoms with Crippen molar-refractivity contribution < 1.29 is 14.8 Å². The quantitative estimate of drug-likeness (QED) is 0.646. The molecule has 0 aromatic heterocycles. The van der Waals surface area contributed by atoms with Gasteiger partial charge >= 0.3 is 0 Å². The summed E-state index contributed by atoms with van der Waals surface area (Å²) < 4.78 is 5.14. The van der Waals surface area contributed by atoms with Gasteiger partial charge in [0.1, 0.15) is 11.5 Å². The molecule has 0 saturated carbocycles. The summed E-state index contributed by atoms with van der Waals surface area (Å²) >= 11 is 0. The van der Waals surface area contributed by atoms with E-state index in [-0.39, 0.29) is 11.4 Å². The van der Waals surface area contributed by atoms with Crippen LogP contribution in [0.25, 0.3) is 0 Å². The molecule has 0 atom stereocenters. The summed E-state index contributed by atoms with van der Waals surface area (Å²) in [6, 6.07) is 11.2. The van der Waals surface area contributed by atoms with Gasteiger partial charge in [-0.1, -0.05) is 12.1 Å². The second-order valence-electron chi connectivity index (χ2n) is 4.16. The molecule has 2 N–H and O–H groups in total. The van der Waals surface area contributed by atoms with E-state index in [9.17, 15) is 15.2 Å². The number of rotatable bonds is 5. The van der Waals surface area contributed by atoms with E-state index < -0.39 is 4.92 Å². The summed E-state index contributed by atoms with van der Waals surface area (Å²) in [5, 5.41) is 23.0. The third kappa shape index (κ3) is 3.17. The van der Waals surface area contributed by atoms with Gasteiger partial charge in [-0.3, -0.25) is 10.1 Å². The predicted octanol–water partition coefficient (Wildman–Crippen LogP) is 2.92. The smallest absolute Gasteiger partial charge is 0.273 e. The molecule has 0 radical (unpaired) electrons. The second-order valence-corrected chi connectivity index (χ2v) is 4.16. The Labute approximate surface area is 115 Å². The average molecular weight is 274 g/mol. The highest BCUT2D eigenvalue weighted by atomic mass is 16.6. The Morgan fingerprint density at radius 2 is 1.95 bits per heavy atom. The van der Waals surface area contributed by atoms with Crippen LogP contribution >= 0.6 is 0 Å². The lowest BCUT2D eigenvalue weighted by molar-refractivity contribution is -0.384. The number of non-ortho nitro benzene ring substituents is 1. The van der Waals surface area contributed by atoms with E-state index in [4.69, 9.17) is 4.74 Å². The lowest BCUT2D eigenvalue weighted by Crippen LogP contribution is -2.01. The van der Waals surface area contributed by atoms with Crippen molar-refractivity contribution in [3.63, 3.8) is 0 Å². The Kier molecular flexibility index (Phi) is 4.05. The molecule has 0 saturated heterocycles. The number of hydrogen-bond donors (Lipinski definition) is 2. The molecule has 0 fully saturated rings. The number of nitrogens with zero attached hydrogens (tertiary/aromatic N) is 1. The fourth-order valence-corrected chi connectivity index (χ4v) is 1.75. The van der Waals surface area contributed by atoms with Crippen molar-refractivity contribution in [2.75, 3.05) is 12.4 Å². The minimum atomic E-state index is -0.466. The van der Waals surface area contributed by atoms with Crippen molar-refractivity contribution in [2.45, 2.75) is 6.54 Å². The molecule has 20 heavy (non-hydrogen) atoms. The van der Waals surface area contributed by atoms with E-state index in [1.165, 1.54) is 19.2 Å². The summed E-state index contributed by atoms with van der Waals surface area (Å²) in [5.74, 6) is 0.625. The summed E-state index contributed by atoms with van der Waals surface area (Å²) in [7, 11) is 1.46. The summed E-state index contributed by atoms with van der Waals surface area (Å²) in [5.41, 5.74) is 1.63. The molecule has 0 unspecified atom stereocenters. The molecule has 104 valence electrons. The molecule has 0 aliphatic heterocycles. The molecule has 2 aromatic rings. The number of nitro groups is 1.